The van der Waals surface area contributed by atoms with Crippen molar-refractivity contribution in [3.05, 3.63) is 58.1 Å². The summed E-state index contributed by atoms with van der Waals surface area (Å²) in [5, 5.41) is 0. The summed E-state index contributed by atoms with van der Waals surface area (Å²) < 4.78 is 1.08. The minimum Gasteiger partial charge on any atom is -0.366 e. The Kier molecular flexibility index (Phi) is 5.33. The summed E-state index contributed by atoms with van der Waals surface area (Å²) in [5.41, 5.74) is 5.21. The highest BCUT2D eigenvalue weighted by Crippen LogP contribution is 2.43. The van der Waals surface area contributed by atoms with E-state index in [1.807, 2.05) is 30.5 Å². The van der Waals surface area contributed by atoms with E-state index in [2.05, 4.69) is 71.7 Å². The number of hydrogen-bond acceptors (Lipinski definition) is 2. The molecular formula is C22H27BrN2. The molecule has 0 saturated heterocycles. The Labute approximate surface area is 160 Å². The number of aliphatic imine (C=N–C) groups is 1. The lowest BCUT2D eigenvalue weighted by Crippen LogP contribution is -2.48. The fraction of sp³-hybridized carbons (Fsp3) is 0.409. The van der Waals surface area contributed by atoms with Gasteiger partial charge in [0.05, 0.1) is 5.69 Å². The van der Waals surface area contributed by atoms with E-state index in [-0.39, 0.29) is 5.54 Å². The van der Waals surface area contributed by atoms with Crippen molar-refractivity contribution < 1.29 is 0 Å². The van der Waals surface area contributed by atoms with Crippen LogP contribution in [-0.2, 0) is 0 Å². The normalized spacial score (nSPS) is 19.2. The molecule has 132 valence electrons. The fourth-order valence-electron chi connectivity index (χ4n) is 3.91. The molecule has 0 saturated carbocycles. The summed E-state index contributed by atoms with van der Waals surface area (Å²) in [5.74, 6) is 0.569. The smallest absolute Gasteiger partial charge is 0.0630 e. The molecule has 0 aromatic heterocycles. The van der Waals surface area contributed by atoms with Gasteiger partial charge in [-0.25, -0.2) is 0 Å². The molecular weight excluding hydrogens is 372 g/mol. The highest BCUT2D eigenvalue weighted by atomic mass is 79.9. The predicted octanol–water partition coefficient (Wildman–Crippen LogP) is 6.70. The number of fused-ring (bicyclic) bond motifs is 1. The van der Waals surface area contributed by atoms with Crippen LogP contribution in [0.25, 0.3) is 0 Å². The van der Waals surface area contributed by atoms with Gasteiger partial charge in [-0.2, -0.15) is 0 Å². The Morgan fingerprint density at radius 3 is 2.60 bits per heavy atom. The van der Waals surface area contributed by atoms with Crippen molar-refractivity contribution in [1.29, 1.82) is 0 Å². The molecule has 3 rings (SSSR count). The van der Waals surface area contributed by atoms with Gasteiger partial charge in [-0.1, -0.05) is 35.8 Å². The zero-order chi connectivity index (χ0) is 18.0. The number of nitrogens with zero attached hydrogens (tertiary/aromatic N) is 2. The molecule has 1 atom stereocenters. The second-order valence-corrected chi connectivity index (χ2v) is 8.54. The van der Waals surface area contributed by atoms with Crippen LogP contribution in [0.1, 0.15) is 57.6 Å². The van der Waals surface area contributed by atoms with Crippen LogP contribution in [0.2, 0.25) is 0 Å². The molecule has 2 aromatic carbocycles. The Morgan fingerprint density at radius 1 is 1.20 bits per heavy atom. The van der Waals surface area contributed by atoms with E-state index in [1.54, 1.807) is 0 Å². The standard InChI is InChI=1S/C22H27BrN2/c1-5-12-25-21-11-6-17(13-20(21)16(2)14-22(25,3)4)15-24-19-9-7-18(23)8-10-19/h6-11,13,15-16H,5,12,14H2,1-4H3. The van der Waals surface area contributed by atoms with Gasteiger partial charge in [-0.05, 0) is 80.1 Å². The van der Waals surface area contributed by atoms with Gasteiger partial charge in [-0.3, -0.25) is 4.99 Å². The summed E-state index contributed by atoms with van der Waals surface area (Å²) in [6, 6.07) is 14.9. The maximum Gasteiger partial charge on any atom is 0.0630 e. The lowest BCUT2D eigenvalue weighted by atomic mass is 9.79. The number of rotatable bonds is 4. The van der Waals surface area contributed by atoms with Crippen LogP contribution in [0.15, 0.2) is 51.9 Å². The number of benzene rings is 2. The van der Waals surface area contributed by atoms with Crippen LogP contribution >= 0.6 is 15.9 Å². The Hall–Kier alpha value is -1.61. The minimum absolute atomic E-state index is 0.218. The second kappa shape index (κ2) is 7.33. The fourth-order valence-corrected chi connectivity index (χ4v) is 4.18. The van der Waals surface area contributed by atoms with E-state index in [4.69, 9.17) is 0 Å². The molecule has 0 bridgehead atoms. The van der Waals surface area contributed by atoms with Gasteiger partial charge >= 0.3 is 0 Å². The zero-order valence-corrected chi connectivity index (χ0v) is 17.2. The van der Waals surface area contributed by atoms with E-state index in [0.29, 0.717) is 5.92 Å². The molecule has 0 aliphatic carbocycles. The minimum atomic E-state index is 0.218. The first kappa shape index (κ1) is 18.2. The Balaban J connectivity index is 1.90. The van der Waals surface area contributed by atoms with Crippen LogP contribution in [0.4, 0.5) is 11.4 Å². The van der Waals surface area contributed by atoms with Crippen LogP contribution in [0.5, 0.6) is 0 Å². The van der Waals surface area contributed by atoms with Crippen molar-refractivity contribution in [3.8, 4) is 0 Å². The lowest BCUT2D eigenvalue weighted by Gasteiger charge is -2.47. The third kappa shape index (κ3) is 3.98. The molecule has 0 radical (unpaired) electrons. The van der Waals surface area contributed by atoms with Gasteiger partial charge in [0.1, 0.15) is 0 Å². The zero-order valence-electron chi connectivity index (χ0n) is 15.6. The molecule has 0 spiro atoms. The van der Waals surface area contributed by atoms with Gasteiger partial charge in [0.2, 0.25) is 0 Å². The quantitative estimate of drug-likeness (QED) is 0.522. The van der Waals surface area contributed by atoms with Crippen molar-refractivity contribution in [2.75, 3.05) is 11.4 Å². The average molecular weight is 399 g/mol. The summed E-state index contributed by atoms with van der Waals surface area (Å²) >= 11 is 3.46. The molecule has 1 heterocycles. The van der Waals surface area contributed by atoms with E-state index < -0.39 is 0 Å². The highest BCUT2D eigenvalue weighted by molar-refractivity contribution is 9.10. The molecule has 1 aliphatic heterocycles. The molecule has 25 heavy (non-hydrogen) atoms. The van der Waals surface area contributed by atoms with Crippen molar-refractivity contribution >= 4 is 33.5 Å². The highest BCUT2D eigenvalue weighted by Gasteiger charge is 2.35. The molecule has 3 heteroatoms. The molecule has 1 unspecified atom stereocenters. The summed E-state index contributed by atoms with van der Waals surface area (Å²) in [6.45, 7) is 10.4. The maximum absolute atomic E-state index is 4.62. The van der Waals surface area contributed by atoms with Gasteiger partial charge in [0, 0.05) is 28.5 Å². The molecule has 0 N–H and O–H groups in total. The number of halogens is 1. The summed E-state index contributed by atoms with van der Waals surface area (Å²) in [6.07, 6.45) is 4.33. The summed E-state index contributed by atoms with van der Waals surface area (Å²) in [4.78, 5) is 7.20. The molecule has 2 aromatic rings. The van der Waals surface area contributed by atoms with E-state index in [9.17, 15) is 0 Å². The van der Waals surface area contributed by atoms with Gasteiger partial charge in [-0.15, -0.1) is 0 Å². The van der Waals surface area contributed by atoms with Crippen molar-refractivity contribution in [2.45, 2.75) is 52.0 Å². The maximum atomic E-state index is 4.62. The van der Waals surface area contributed by atoms with Gasteiger partial charge in [0.25, 0.3) is 0 Å². The first-order valence-electron chi connectivity index (χ1n) is 9.12. The van der Waals surface area contributed by atoms with Gasteiger partial charge in [0.15, 0.2) is 0 Å². The third-order valence-corrected chi connectivity index (χ3v) is 5.57. The van der Waals surface area contributed by atoms with Crippen molar-refractivity contribution in [3.63, 3.8) is 0 Å². The van der Waals surface area contributed by atoms with Crippen LogP contribution in [0, 0.1) is 0 Å². The number of hydrogen-bond donors (Lipinski definition) is 0. The van der Waals surface area contributed by atoms with Crippen LogP contribution in [0.3, 0.4) is 0 Å². The number of anilines is 1. The Bertz CT molecular complexity index is 762. The first-order chi connectivity index (χ1) is 11.9. The monoisotopic (exact) mass is 398 g/mol. The second-order valence-electron chi connectivity index (χ2n) is 7.62. The van der Waals surface area contributed by atoms with Crippen LogP contribution in [-0.4, -0.2) is 18.3 Å². The third-order valence-electron chi connectivity index (χ3n) is 5.05. The van der Waals surface area contributed by atoms with Gasteiger partial charge < -0.3 is 4.90 Å². The molecule has 1 aliphatic rings. The lowest BCUT2D eigenvalue weighted by molar-refractivity contribution is 0.376. The largest absolute Gasteiger partial charge is 0.366 e. The molecule has 0 amide bonds. The summed E-state index contributed by atoms with van der Waals surface area (Å²) in [7, 11) is 0. The van der Waals surface area contributed by atoms with E-state index in [1.165, 1.54) is 29.7 Å². The van der Waals surface area contributed by atoms with E-state index in [0.717, 1.165) is 16.7 Å². The molecule has 0 fully saturated rings. The predicted molar refractivity (Wildman–Crippen MR) is 113 cm³/mol. The Morgan fingerprint density at radius 2 is 1.92 bits per heavy atom. The molecule has 2 nitrogen and oxygen atoms in total. The average Bonchev–Trinajstić information content (AvgIpc) is 2.58. The SMILES string of the molecule is CCCN1c2ccc(C=Nc3ccc(Br)cc3)cc2C(C)CC1(C)C. The topological polar surface area (TPSA) is 15.6 Å². The first-order valence-corrected chi connectivity index (χ1v) is 9.91. The van der Waals surface area contributed by atoms with Crippen LogP contribution < -0.4 is 4.90 Å². The van der Waals surface area contributed by atoms with E-state index >= 15 is 0 Å². The van der Waals surface area contributed by atoms with Crippen molar-refractivity contribution in [1.82, 2.24) is 0 Å². The van der Waals surface area contributed by atoms with Crippen molar-refractivity contribution in [2.24, 2.45) is 4.99 Å².